The molecule has 0 aliphatic heterocycles. The van der Waals surface area contributed by atoms with Crippen molar-refractivity contribution in [2.45, 2.75) is 0 Å². The van der Waals surface area contributed by atoms with Crippen molar-refractivity contribution in [2.24, 2.45) is 0 Å². The van der Waals surface area contributed by atoms with Crippen LogP contribution >= 0.6 is 15.9 Å². The number of benzene rings is 1. The van der Waals surface area contributed by atoms with Crippen LogP contribution in [0.15, 0.2) is 45.5 Å². The Bertz CT molecular complexity index is 579. The number of rotatable bonds is 1. The van der Waals surface area contributed by atoms with Gasteiger partial charge in [-0.2, -0.15) is 0 Å². The quantitative estimate of drug-likeness (QED) is 0.729. The third kappa shape index (κ3) is 1.37. The summed E-state index contributed by atoms with van der Waals surface area (Å²) in [4.78, 5) is 7.64. The number of imidazole rings is 1. The summed E-state index contributed by atoms with van der Waals surface area (Å²) in [6.45, 7) is 0. The van der Waals surface area contributed by atoms with E-state index >= 15 is 0 Å². The summed E-state index contributed by atoms with van der Waals surface area (Å²) in [6, 6.07) is 9.74. The molecular formula is C11H7BrN2O. The van der Waals surface area contributed by atoms with Crippen LogP contribution in [0.2, 0.25) is 0 Å². The minimum atomic E-state index is 0.728. The fourth-order valence-electron chi connectivity index (χ4n) is 1.52. The summed E-state index contributed by atoms with van der Waals surface area (Å²) in [5.41, 5.74) is 1.95. The van der Waals surface area contributed by atoms with Crippen molar-refractivity contribution in [2.75, 3.05) is 0 Å². The van der Waals surface area contributed by atoms with E-state index in [0.717, 1.165) is 27.1 Å². The van der Waals surface area contributed by atoms with Crippen LogP contribution in [0.25, 0.3) is 22.6 Å². The van der Waals surface area contributed by atoms with Crippen LogP contribution in [0.4, 0.5) is 0 Å². The van der Waals surface area contributed by atoms with Crippen LogP contribution in [0.5, 0.6) is 0 Å². The Hall–Kier alpha value is -1.55. The molecule has 0 amide bonds. The first-order chi connectivity index (χ1) is 7.34. The zero-order valence-electron chi connectivity index (χ0n) is 7.70. The van der Waals surface area contributed by atoms with Gasteiger partial charge < -0.3 is 9.40 Å². The number of aromatic nitrogens is 2. The molecule has 1 aromatic carbocycles. The van der Waals surface area contributed by atoms with Crippen LogP contribution in [-0.4, -0.2) is 9.97 Å². The first-order valence-electron chi connectivity index (χ1n) is 4.53. The summed E-state index contributed by atoms with van der Waals surface area (Å²) in [7, 11) is 0. The van der Waals surface area contributed by atoms with Gasteiger partial charge in [0.2, 0.25) is 0 Å². The molecule has 0 spiro atoms. The predicted molar refractivity (Wildman–Crippen MR) is 61.5 cm³/mol. The van der Waals surface area contributed by atoms with Crippen molar-refractivity contribution in [1.29, 1.82) is 0 Å². The highest BCUT2D eigenvalue weighted by Crippen LogP contribution is 2.28. The molecule has 0 saturated carbocycles. The maximum Gasteiger partial charge on any atom is 0.183 e. The zero-order valence-corrected chi connectivity index (χ0v) is 9.28. The molecule has 3 aromatic rings. The van der Waals surface area contributed by atoms with Crippen LogP contribution < -0.4 is 0 Å². The molecule has 0 saturated heterocycles. The standard InChI is InChI=1S/C11H7BrN2O/c12-7-5-6-15-10(7)11-13-8-3-1-2-4-9(8)14-11/h1-6H,(H,13,14). The second kappa shape index (κ2) is 3.24. The highest BCUT2D eigenvalue weighted by Gasteiger charge is 2.10. The highest BCUT2D eigenvalue weighted by atomic mass is 79.9. The molecule has 4 heteroatoms. The van der Waals surface area contributed by atoms with Gasteiger partial charge in [0.05, 0.1) is 21.8 Å². The topological polar surface area (TPSA) is 41.8 Å². The van der Waals surface area contributed by atoms with E-state index in [0.29, 0.717) is 0 Å². The zero-order chi connectivity index (χ0) is 10.3. The predicted octanol–water partition coefficient (Wildman–Crippen LogP) is 3.59. The summed E-state index contributed by atoms with van der Waals surface area (Å²) in [6.07, 6.45) is 1.63. The first-order valence-corrected chi connectivity index (χ1v) is 5.32. The van der Waals surface area contributed by atoms with Gasteiger partial charge in [-0.1, -0.05) is 12.1 Å². The number of hydrogen-bond acceptors (Lipinski definition) is 2. The van der Waals surface area contributed by atoms with Gasteiger partial charge in [-0.25, -0.2) is 4.98 Å². The van der Waals surface area contributed by atoms with Crippen LogP contribution in [0.3, 0.4) is 0 Å². The molecule has 3 rings (SSSR count). The third-order valence-electron chi connectivity index (χ3n) is 2.22. The number of nitrogens with one attached hydrogen (secondary N) is 1. The lowest BCUT2D eigenvalue weighted by molar-refractivity contribution is 0.577. The molecule has 0 unspecified atom stereocenters. The maximum atomic E-state index is 5.34. The number of nitrogens with zero attached hydrogens (tertiary/aromatic N) is 1. The van der Waals surface area contributed by atoms with Crippen molar-refractivity contribution in [3.8, 4) is 11.6 Å². The fraction of sp³-hybridized carbons (Fsp3) is 0. The summed E-state index contributed by atoms with van der Waals surface area (Å²) in [5.74, 6) is 1.47. The molecule has 0 fully saturated rings. The van der Waals surface area contributed by atoms with Crippen LogP contribution in [0.1, 0.15) is 0 Å². The minimum absolute atomic E-state index is 0.728. The molecule has 15 heavy (non-hydrogen) atoms. The second-order valence-corrected chi connectivity index (χ2v) is 4.05. The Morgan fingerprint density at radius 3 is 2.80 bits per heavy atom. The van der Waals surface area contributed by atoms with E-state index in [1.807, 2.05) is 30.3 Å². The molecule has 2 aromatic heterocycles. The number of fused-ring (bicyclic) bond motifs is 1. The smallest absolute Gasteiger partial charge is 0.183 e. The van der Waals surface area contributed by atoms with Gasteiger partial charge in [0, 0.05) is 0 Å². The van der Waals surface area contributed by atoms with E-state index in [1.165, 1.54) is 0 Å². The number of H-pyrrole nitrogens is 1. The van der Waals surface area contributed by atoms with Crippen LogP contribution in [-0.2, 0) is 0 Å². The average molecular weight is 263 g/mol. The Kier molecular flexibility index (Phi) is 1.89. The molecule has 3 nitrogen and oxygen atoms in total. The van der Waals surface area contributed by atoms with Gasteiger partial charge in [0.15, 0.2) is 11.6 Å². The van der Waals surface area contributed by atoms with E-state index in [1.54, 1.807) is 6.26 Å². The fourth-order valence-corrected chi connectivity index (χ4v) is 1.91. The molecule has 0 bridgehead atoms. The van der Waals surface area contributed by atoms with E-state index in [9.17, 15) is 0 Å². The van der Waals surface area contributed by atoms with Gasteiger partial charge in [-0.05, 0) is 34.1 Å². The van der Waals surface area contributed by atoms with Gasteiger partial charge in [0.1, 0.15) is 0 Å². The van der Waals surface area contributed by atoms with E-state index in [-0.39, 0.29) is 0 Å². The van der Waals surface area contributed by atoms with E-state index < -0.39 is 0 Å². The number of aromatic amines is 1. The number of hydrogen-bond donors (Lipinski definition) is 1. The molecule has 0 aliphatic carbocycles. The minimum Gasteiger partial charge on any atom is -0.460 e. The Morgan fingerprint density at radius 2 is 2.07 bits per heavy atom. The molecule has 0 radical (unpaired) electrons. The lowest BCUT2D eigenvalue weighted by Crippen LogP contribution is -1.76. The number of furan rings is 1. The monoisotopic (exact) mass is 262 g/mol. The van der Waals surface area contributed by atoms with E-state index in [2.05, 4.69) is 25.9 Å². The maximum absolute atomic E-state index is 5.34. The highest BCUT2D eigenvalue weighted by molar-refractivity contribution is 9.10. The van der Waals surface area contributed by atoms with Crippen molar-refractivity contribution < 1.29 is 4.42 Å². The summed E-state index contributed by atoms with van der Waals surface area (Å²) in [5, 5.41) is 0. The lowest BCUT2D eigenvalue weighted by Gasteiger charge is -1.89. The van der Waals surface area contributed by atoms with Gasteiger partial charge >= 0.3 is 0 Å². The number of halogens is 1. The van der Waals surface area contributed by atoms with Crippen molar-refractivity contribution in [3.05, 3.63) is 41.1 Å². The van der Waals surface area contributed by atoms with E-state index in [4.69, 9.17) is 4.42 Å². The molecular weight excluding hydrogens is 256 g/mol. The van der Waals surface area contributed by atoms with Gasteiger partial charge in [-0.15, -0.1) is 0 Å². The molecule has 74 valence electrons. The van der Waals surface area contributed by atoms with Crippen molar-refractivity contribution >= 4 is 27.0 Å². The SMILES string of the molecule is Brc1ccoc1-c1nc2ccccc2[nH]1. The van der Waals surface area contributed by atoms with Crippen molar-refractivity contribution in [3.63, 3.8) is 0 Å². The Labute approximate surface area is 94.3 Å². The second-order valence-electron chi connectivity index (χ2n) is 3.20. The summed E-state index contributed by atoms with van der Waals surface area (Å²) >= 11 is 3.41. The molecule has 0 atom stereocenters. The average Bonchev–Trinajstić information content (AvgIpc) is 2.82. The first kappa shape index (κ1) is 8.73. The third-order valence-corrected chi connectivity index (χ3v) is 2.85. The Balaban J connectivity index is 2.24. The Morgan fingerprint density at radius 1 is 1.20 bits per heavy atom. The lowest BCUT2D eigenvalue weighted by atomic mass is 10.3. The number of para-hydroxylation sites is 2. The van der Waals surface area contributed by atoms with Gasteiger partial charge in [0.25, 0.3) is 0 Å². The van der Waals surface area contributed by atoms with Crippen LogP contribution in [0, 0.1) is 0 Å². The van der Waals surface area contributed by atoms with Crippen molar-refractivity contribution in [1.82, 2.24) is 9.97 Å². The normalized spacial score (nSPS) is 11.0. The van der Waals surface area contributed by atoms with Gasteiger partial charge in [-0.3, -0.25) is 0 Å². The summed E-state index contributed by atoms with van der Waals surface area (Å²) < 4.78 is 6.24. The largest absolute Gasteiger partial charge is 0.460 e. The molecule has 0 aliphatic rings. The molecule has 2 heterocycles. The molecule has 1 N–H and O–H groups in total.